The number of piperidine rings is 1. The molecule has 1 atom stereocenters. The van der Waals surface area contributed by atoms with Crippen LogP contribution in [0.3, 0.4) is 0 Å². The number of hydrogen-bond donors (Lipinski definition) is 2. The number of nitrogens with two attached hydrogens (primary N) is 1. The van der Waals surface area contributed by atoms with Crippen LogP contribution >= 0.6 is 0 Å². The molecule has 0 spiro atoms. The van der Waals surface area contributed by atoms with E-state index in [9.17, 15) is 0 Å². The fourth-order valence-corrected chi connectivity index (χ4v) is 1.68. The minimum atomic E-state index is -0.573. The van der Waals surface area contributed by atoms with Crippen LogP contribution in [0.5, 0.6) is 0 Å². The smallest absolute Gasteiger partial charge is 0.266 e. The normalized spacial score (nSPS) is 19.2. The minimum absolute atomic E-state index is 0.179. The average molecular weight is 212 g/mol. The first-order chi connectivity index (χ1) is 7.31. The zero-order valence-corrected chi connectivity index (χ0v) is 8.59. The largest absolute Gasteiger partial charge is 0.394 e. The molecule has 1 aromatic heterocycles. The van der Waals surface area contributed by atoms with Gasteiger partial charge in [-0.3, -0.25) is 0 Å². The van der Waals surface area contributed by atoms with Crippen LogP contribution in [0.1, 0.15) is 31.2 Å². The van der Waals surface area contributed by atoms with Crippen molar-refractivity contribution in [3.8, 4) is 0 Å². The van der Waals surface area contributed by atoms with Gasteiger partial charge in [-0.15, -0.1) is 0 Å². The van der Waals surface area contributed by atoms with Crippen LogP contribution in [0.15, 0.2) is 4.52 Å². The molecule has 0 radical (unpaired) electrons. The summed E-state index contributed by atoms with van der Waals surface area (Å²) in [6, 6.07) is -0.573. The number of anilines is 1. The van der Waals surface area contributed by atoms with Gasteiger partial charge >= 0.3 is 0 Å². The fourth-order valence-electron chi connectivity index (χ4n) is 1.68. The van der Waals surface area contributed by atoms with E-state index in [-0.39, 0.29) is 6.61 Å². The number of aliphatic hydroxyl groups is 1. The van der Waals surface area contributed by atoms with Crippen LogP contribution in [-0.2, 0) is 0 Å². The molecule has 2 heterocycles. The predicted octanol–water partition coefficient (Wildman–Crippen LogP) is 0.0520. The summed E-state index contributed by atoms with van der Waals surface area (Å²) in [4.78, 5) is 6.25. The van der Waals surface area contributed by atoms with Crippen molar-refractivity contribution in [2.24, 2.45) is 5.73 Å². The fraction of sp³-hybridized carbons (Fsp3) is 0.778. The van der Waals surface area contributed by atoms with Gasteiger partial charge in [0.05, 0.1) is 6.61 Å². The third-order valence-corrected chi connectivity index (χ3v) is 2.58. The molecule has 2 rings (SSSR count). The van der Waals surface area contributed by atoms with E-state index >= 15 is 0 Å². The molecule has 1 aliphatic rings. The molecule has 1 saturated heterocycles. The third kappa shape index (κ3) is 2.27. The SMILES string of the molecule is NC(CO)c1nc(N2CCCCC2)no1. The number of rotatable bonds is 3. The molecular weight excluding hydrogens is 196 g/mol. The summed E-state index contributed by atoms with van der Waals surface area (Å²) in [7, 11) is 0. The molecule has 15 heavy (non-hydrogen) atoms. The van der Waals surface area contributed by atoms with E-state index in [1.54, 1.807) is 0 Å². The topological polar surface area (TPSA) is 88.4 Å². The van der Waals surface area contributed by atoms with Crippen molar-refractivity contribution in [3.05, 3.63) is 5.89 Å². The Morgan fingerprint density at radius 1 is 1.40 bits per heavy atom. The van der Waals surface area contributed by atoms with Crippen molar-refractivity contribution in [1.82, 2.24) is 10.1 Å². The summed E-state index contributed by atoms with van der Waals surface area (Å²) in [6.45, 7) is 1.75. The Kier molecular flexibility index (Phi) is 3.17. The van der Waals surface area contributed by atoms with Crippen molar-refractivity contribution in [2.45, 2.75) is 25.3 Å². The Morgan fingerprint density at radius 3 is 2.80 bits per heavy atom. The van der Waals surface area contributed by atoms with Crippen LogP contribution in [0.4, 0.5) is 5.95 Å². The maximum atomic E-state index is 8.84. The molecule has 84 valence electrons. The summed E-state index contributed by atoms with van der Waals surface area (Å²) < 4.78 is 4.98. The van der Waals surface area contributed by atoms with Crippen molar-refractivity contribution >= 4 is 5.95 Å². The highest BCUT2D eigenvalue weighted by Crippen LogP contribution is 2.17. The van der Waals surface area contributed by atoms with Gasteiger partial charge in [0, 0.05) is 13.1 Å². The highest BCUT2D eigenvalue weighted by atomic mass is 16.5. The Balaban J connectivity index is 2.05. The monoisotopic (exact) mass is 212 g/mol. The van der Waals surface area contributed by atoms with Crippen molar-refractivity contribution < 1.29 is 9.63 Å². The molecule has 0 aromatic carbocycles. The highest BCUT2D eigenvalue weighted by Gasteiger charge is 2.19. The first-order valence-electron chi connectivity index (χ1n) is 5.26. The molecule has 0 amide bonds. The lowest BCUT2D eigenvalue weighted by atomic mass is 10.1. The maximum Gasteiger partial charge on any atom is 0.266 e. The van der Waals surface area contributed by atoms with Gasteiger partial charge in [-0.2, -0.15) is 4.98 Å². The molecule has 6 nitrogen and oxygen atoms in total. The molecule has 0 saturated carbocycles. The van der Waals surface area contributed by atoms with E-state index in [0.717, 1.165) is 25.9 Å². The molecule has 0 aliphatic carbocycles. The Labute approximate surface area is 88.1 Å². The molecule has 0 bridgehead atoms. The number of nitrogens with zero attached hydrogens (tertiary/aromatic N) is 3. The zero-order chi connectivity index (χ0) is 10.7. The summed E-state index contributed by atoms with van der Waals surface area (Å²) in [5.74, 6) is 0.895. The van der Waals surface area contributed by atoms with E-state index in [4.69, 9.17) is 15.4 Å². The first kappa shape index (κ1) is 10.4. The van der Waals surface area contributed by atoms with Gasteiger partial charge in [0.2, 0.25) is 5.89 Å². The van der Waals surface area contributed by atoms with Crippen LogP contribution in [-0.4, -0.2) is 34.9 Å². The standard InChI is InChI=1S/C9H16N4O2/c10-7(6-14)8-11-9(12-15-8)13-4-2-1-3-5-13/h7,14H,1-6,10H2. The van der Waals surface area contributed by atoms with E-state index in [1.165, 1.54) is 6.42 Å². The molecule has 1 unspecified atom stereocenters. The van der Waals surface area contributed by atoms with E-state index < -0.39 is 6.04 Å². The lowest BCUT2D eigenvalue weighted by Gasteiger charge is -2.24. The average Bonchev–Trinajstić information content (AvgIpc) is 2.78. The minimum Gasteiger partial charge on any atom is -0.394 e. The first-order valence-corrected chi connectivity index (χ1v) is 5.26. The number of aromatic nitrogens is 2. The van der Waals surface area contributed by atoms with Gasteiger partial charge in [0.25, 0.3) is 5.95 Å². The highest BCUT2D eigenvalue weighted by molar-refractivity contribution is 5.28. The van der Waals surface area contributed by atoms with Crippen LogP contribution < -0.4 is 10.6 Å². The van der Waals surface area contributed by atoms with E-state index in [1.807, 2.05) is 0 Å². The van der Waals surface area contributed by atoms with Crippen LogP contribution in [0.25, 0.3) is 0 Å². The summed E-state index contributed by atoms with van der Waals surface area (Å²) >= 11 is 0. The Hall–Kier alpha value is -1.14. The van der Waals surface area contributed by atoms with Gasteiger partial charge in [0.1, 0.15) is 6.04 Å². The van der Waals surface area contributed by atoms with Crippen molar-refractivity contribution in [3.63, 3.8) is 0 Å². The third-order valence-electron chi connectivity index (χ3n) is 2.58. The van der Waals surface area contributed by atoms with Gasteiger partial charge < -0.3 is 20.3 Å². The van der Waals surface area contributed by atoms with Gasteiger partial charge in [-0.1, -0.05) is 0 Å². The van der Waals surface area contributed by atoms with Crippen LogP contribution in [0, 0.1) is 0 Å². The van der Waals surface area contributed by atoms with Crippen LogP contribution in [0.2, 0.25) is 0 Å². The second kappa shape index (κ2) is 4.59. The predicted molar refractivity (Wildman–Crippen MR) is 54.4 cm³/mol. The summed E-state index contributed by atoms with van der Waals surface area (Å²) in [6.07, 6.45) is 3.59. The van der Waals surface area contributed by atoms with Gasteiger partial charge in [-0.25, -0.2) is 0 Å². The summed E-state index contributed by atoms with van der Waals surface area (Å²) in [5.41, 5.74) is 5.57. The molecule has 3 N–H and O–H groups in total. The van der Waals surface area contributed by atoms with Gasteiger partial charge in [-0.05, 0) is 24.4 Å². The molecule has 1 aliphatic heterocycles. The second-order valence-corrected chi connectivity index (χ2v) is 3.77. The van der Waals surface area contributed by atoms with Crippen molar-refractivity contribution in [2.75, 3.05) is 24.6 Å². The molecule has 6 heteroatoms. The van der Waals surface area contributed by atoms with E-state index in [2.05, 4.69) is 15.0 Å². The lowest BCUT2D eigenvalue weighted by molar-refractivity contribution is 0.237. The Morgan fingerprint density at radius 2 is 2.13 bits per heavy atom. The molecule has 1 aromatic rings. The van der Waals surface area contributed by atoms with Crippen molar-refractivity contribution in [1.29, 1.82) is 0 Å². The number of aliphatic hydroxyl groups excluding tert-OH is 1. The second-order valence-electron chi connectivity index (χ2n) is 3.77. The molecular formula is C9H16N4O2. The quantitative estimate of drug-likeness (QED) is 0.736. The lowest BCUT2D eigenvalue weighted by Crippen LogP contribution is -2.30. The summed E-state index contributed by atoms with van der Waals surface area (Å²) in [5, 5.41) is 12.7. The Bertz CT molecular complexity index is 309. The molecule has 1 fully saturated rings. The maximum absolute atomic E-state index is 8.84. The zero-order valence-electron chi connectivity index (χ0n) is 8.59. The number of hydrogen-bond acceptors (Lipinski definition) is 6. The van der Waals surface area contributed by atoms with E-state index in [0.29, 0.717) is 11.8 Å². The van der Waals surface area contributed by atoms with Gasteiger partial charge in [0.15, 0.2) is 0 Å².